The van der Waals surface area contributed by atoms with Gasteiger partial charge in [0.1, 0.15) is 17.4 Å². The topological polar surface area (TPSA) is 97.5 Å². The molecule has 0 aliphatic rings. The highest BCUT2D eigenvalue weighted by atomic mass is 32.1. The number of nitrogens with zero attached hydrogens (tertiary/aromatic N) is 5. The van der Waals surface area contributed by atoms with Gasteiger partial charge in [0, 0.05) is 30.7 Å². The van der Waals surface area contributed by atoms with E-state index in [-0.39, 0.29) is 16.2 Å². The number of ether oxygens (including phenoxy) is 1. The van der Waals surface area contributed by atoms with Crippen LogP contribution in [-0.4, -0.2) is 32.1 Å². The number of aromatic hydroxyl groups is 1. The Morgan fingerprint density at radius 3 is 2.34 bits per heavy atom. The van der Waals surface area contributed by atoms with Gasteiger partial charge in [-0.3, -0.25) is 18.5 Å². The minimum atomic E-state index is -0.432. The third kappa shape index (κ3) is 3.74. The smallest absolute Gasteiger partial charge is 0.267 e. The first kappa shape index (κ1) is 23.0. The van der Waals surface area contributed by atoms with Crippen molar-refractivity contribution >= 4 is 24.3 Å². The van der Waals surface area contributed by atoms with Crippen molar-refractivity contribution in [1.82, 2.24) is 13.7 Å². The fourth-order valence-electron chi connectivity index (χ4n) is 3.60. The molecule has 0 saturated carbocycles. The van der Waals surface area contributed by atoms with Crippen molar-refractivity contribution in [3.8, 4) is 23.4 Å². The summed E-state index contributed by atoms with van der Waals surface area (Å²) in [7, 11) is 1.59. The second-order valence-electron chi connectivity index (χ2n) is 7.13. The molecule has 0 aliphatic carbocycles. The Kier molecular flexibility index (Phi) is 6.65. The largest absolute Gasteiger partial charge is 0.497 e. The summed E-state index contributed by atoms with van der Waals surface area (Å²) < 4.78 is 10.2. The van der Waals surface area contributed by atoms with Gasteiger partial charge >= 0.3 is 0 Å². The summed E-state index contributed by atoms with van der Waals surface area (Å²) in [4.78, 5) is 17.4. The van der Waals surface area contributed by atoms with Gasteiger partial charge in [0.2, 0.25) is 5.88 Å². The molecule has 166 valence electrons. The molecule has 0 radical (unpaired) electrons. The van der Waals surface area contributed by atoms with E-state index in [0.29, 0.717) is 30.2 Å². The van der Waals surface area contributed by atoms with Crippen LogP contribution in [0.4, 0.5) is 5.82 Å². The maximum absolute atomic E-state index is 12.9. The summed E-state index contributed by atoms with van der Waals surface area (Å²) in [5.41, 5.74) is 2.41. The van der Waals surface area contributed by atoms with Crippen LogP contribution in [0.15, 0.2) is 34.1 Å². The van der Waals surface area contributed by atoms with Crippen molar-refractivity contribution in [2.24, 2.45) is 4.99 Å². The molecule has 9 heteroatoms. The van der Waals surface area contributed by atoms with Crippen LogP contribution >= 0.6 is 12.2 Å². The van der Waals surface area contributed by atoms with E-state index in [4.69, 9.17) is 17.0 Å². The summed E-state index contributed by atoms with van der Waals surface area (Å²) in [6.07, 6.45) is 1.31. The minimum Gasteiger partial charge on any atom is -0.497 e. The van der Waals surface area contributed by atoms with Gasteiger partial charge in [0.25, 0.3) is 5.56 Å². The Morgan fingerprint density at radius 1 is 1.19 bits per heavy atom. The predicted molar refractivity (Wildman–Crippen MR) is 126 cm³/mol. The Hall–Kier alpha value is -3.64. The van der Waals surface area contributed by atoms with Gasteiger partial charge in [0.05, 0.1) is 12.7 Å². The van der Waals surface area contributed by atoms with Crippen molar-refractivity contribution in [1.29, 1.82) is 5.26 Å². The van der Waals surface area contributed by atoms with Gasteiger partial charge in [-0.05, 0) is 69.7 Å². The van der Waals surface area contributed by atoms with Crippen molar-refractivity contribution in [2.45, 2.75) is 40.8 Å². The Balaban J connectivity index is 2.27. The van der Waals surface area contributed by atoms with Crippen LogP contribution in [0.2, 0.25) is 0 Å². The summed E-state index contributed by atoms with van der Waals surface area (Å²) in [6, 6.07) is 9.58. The second kappa shape index (κ2) is 9.24. The minimum absolute atomic E-state index is 0.0176. The lowest BCUT2D eigenvalue weighted by Gasteiger charge is -2.14. The number of methoxy groups -OCH3 is 1. The number of hydrogen-bond acceptors (Lipinski definition) is 6. The van der Waals surface area contributed by atoms with E-state index >= 15 is 0 Å². The lowest BCUT2D eigenvalue weighted by atomic mass is 10.2. The van der Waals surface area contributed by atoms with E-state index in [1.807, 2.05) is 56.5 Å². The summed E-state index contributed by atoms with van der Waals surface area (Å²) in [5.74, 6) is 0.837. The van der Waals surface area contributed by atoms with Crippen LogP contribution in [0.5, 0.6) is 11.6 Å². The maximum atomic E-state index is 12.9. The lowest BCUT2D eigenvalue weighted by molar-refractivity contribution is 0.399. The molecule has 3 aromatic rings. The molecule has 1 N–H and O–H groups in total. The third-order valence-corrected chi connectivity index (χ3v) is 5.95. The van der Waals surface area contributed by atoms with Crippen LogP contribution in [-0.2, 0) is 13.1 Å². The number of rotatable bonds is 6. The van der Waals surface area contributed by atoms with Crippen molar-refractivity contribution in [2.75, 3.05) is 7.11 Å². The van der Waals surface area contributed by atoms with E-state index in [9.17, 15) is 15.2 Å². The zero-order valence-corrected chi connectivity index (χ0v) is 19.5. The highest BCUT2D eigenvalue weighted by Gasteiger charge is 2.20. The van der Waals surface area contributed by atoms with E-state index in [2.05, 4.69) is 11.1 Å². The van der Waals surface area contributed by atoms with Gasteiger partial charge in [-0.25, -0.2) is 4.99 Å². The first-order valence-electron chi connectivity index (χ1n) is 10.2. The van der Waals surface area contributed by atoms with Crippen LogP contribution < -0.4 is 10.3 Å². The van der Waals surface area contributed by atoms with Gasteiger partial charge < -0.3 is 9.84 Å². The zero-order chi connectivity index (χ0) is 23.6. The monoisotopic (exact) mass is 451 g/mol. The first-order chi connectivity index (χ1) is 15.3. The average Bonchev–Trinajstić information content (AvgIpc) is 3.03. The van der Waals surface area contributed by atoms with Crippen molar-refractivity contribution in [3.05, 3.63) is 61.8 Å². The molecule has 0 bridgehead atoms. The Labute approximate surface area is 191 Å². The van der Waals surface area contributed by atoms with Crippen LogP contribution in [0, 0.1) is 29.9 Å². The molecule has 0 aliphatic heterocycles. The van der Waals surface area contributed by atoms with Crippen molar-refractivity contribution < 1.29 is 9.84 Å². The second-order valence-corrected chi connectivity index (χ2v) is 7.49. The molecule has 32 heavy (non-hydrogen) atoms. The maximum Gasteiger partial charge on any atom is 0.267 e. The lowest BCUT2D eigenvalue weighted by Crippen LogP contribution is -2.27. The molecule has 1 aromatic carbocycles. The normalized spacial score (nSPS) is 11.1. The molecule has 2 heterocycles. The third-order valence-electron chi connectivity index (χ3n) is 5.51. The summed E-state index contributed by atoms with van der Waals surface area (Å²) in [6.45, 7) is 8.16. The van der Waals surface area contributed by atoms with E-state index in [0.717, 1.165) is 16.9 Å². The molecule has 0 saturated heterocycles. The van der Waals surface area contributed by atoms with E-state index < -0.39 is 5.56 Å². The molecule has 3 rings (SSSR count). The van der Waals surface area contributed by atoms with Crippen LogP contribution in [0.25, 0.3) is 5.69 Å². The van der Waals surface area contributed by atoms with Gasteiger partial charge in [-0.1, -0.05) is 0 Å². The summed E-state index contributed by atoms with van der Waals surface area (Å²) in [5, 5.41) is 20.5. The first-order valence-corrected chi connectivity index (χ1v) is 10.6. The molecular weight excluding hydrogens is 426 g/mol. The predicted octanol–water partition coefficient (Wildman–Crippen LogP) is 4.16. The summed E-state index contributed by atoms with van der Waals surface area (Å²) >= 11 is 5.33. The van der Waals surface area contributed by atoms with E-state index in [1.54, 1.807) is 7.11 Å². The molecule has 0 amide bonds. The number of aliphatic imine (C=N–C) groups is 1. The molecule has 0 unspecified atom stereocenters. The zero-order valence-electron chi connectivity index (χ0n) is 18.7. The highest BCUT2D eigenvalue weighted by molar-refractivity contribution is 7.71. The standard InChI is InChI=1S/C23H25N5O3S/c1-6-26-21(29)19(22(30)27(7-2)23(26)32)13-25-20-18(12-24)14(3)15(4)28(20)16-8-10-17(31-5)11-9-16/h8-11,13,29H,6-7H2,1-5H3. The van der Waals surface area contributed by atoms with Crippen LogP contribution in [0.3, 0.4) is 0 Å². The molecule has 8 nitrogen and oxygen atoms in total. The SMILES string of the molecule is CCn1c(O)c(C=Nc2c(C#N)c(C)c(C)n2-c2ccc(OC)cc2)c(=O)n(CC)c1=S. The van der Waals surface area contributed by atoms with Gasteiger partial charge in [-0.2, -0.15) is 5.26 Å². The number of benzene rings is 1. The number of hydrogen-bond donors (Lipinski definition) is 1. The Bertz CT molecular complexity index is 1350. The average molecular weight is 452 g/mol. The number of nitriles is 1. The van der Waals surface area contributed by atoms with Gasteiger partial charge in [0.15, 0.2) is 10.6 Å². The molecule has 0 fully saturated rings. The van der Waals surface area contributed by atoms with E-state index in [1.165, 1.54) is 15.3 Å². The highest BCUT2D eigenvalue weighted by Crippen LogP contribution is 2.32. The molecule has 0 atom stereocenters. The quantitative estimate of drug-likeness (QED) is 0.448. The van der Waals surface area contributed by atoms with Gasteiger partial charge in [-0.15, -0.1) is 0 Å². The fourth-order valence-corrected chi connectivity index (χ4v) is 4.03. The molecular formula is C23H25N5O3S. The Morgan fingerprint density at radius 2 is 1.81 bits per heavy atom. The molecule has 0 spiro atoms. The number of aromatic nitrogens is 3. The van der Waals surface area contributed by atoms with Crippen LogP contribution in [0.1, 0.15) is 36.2 Å². The van der Waals surface area contributed by atoms with Crippen molar-refractivity contribution in [3.63, 3.8) is 0 Å². The fraction of sp³-hybridized carbons (Fsp3) is 0.304. The molecule has 2 aromatic heterocycles.